The standard InChI is InChI=1S/C24H27NO3S/c1-2-3-18-28-22-14-16-23(17-15-22)29(26,27)25-19-24(20-10-6-4-7-11-20)21-12-8-5-9-13-21/h4-17,24-25H,2-3,18-19H2,1H3. The zero-order valence-corrected chi connectivity index (χ0v) is 17.4. The molecule has 0 heterocycles. The summed E-state index contributed by atoms with van der Waals surface area (Å²) in [6.45, 7) is 3.02. The average Bonchev–Trinajstić information content (AvgIpc) is 2.76. The molecule has 3 aromatic carbocycles. The van der Waals surface area contributed by atoms with Gasteiger partial charge in [0.25, 0.3) is 0 Å². The second-order valence-corrected chi connectivity index (χ2v) is 8.67. The number of hydrogen-bond acceptors (Lipinski definition) is 3. The van der Waals surface area contributed by atoms with Gasteiger partial charge in [-0.3, -0.25) is 0 Å². The molecular weight excluding hydrogens is 382 g/mol. The van der Waals surface area contributed by atoms with E-state index in [0.717, 1.165) is 24.0 Å². The Morgan fingerprint density at radius 2 is 1.38 bits per heavy atom. The van der Waals surface area contributed by atoms with Gasteiger partial charge in [0, 0.05) is 12.5 Å². The minimum atomic E-state index is -3.62. The Bertz CT molecular complexity index is 932. The summed E-state index contributed by atoms with van der Waals surface area (Å²) in [5.74, 6) is 0.618. The Morgan fingerprint density at radius 1 is 0.828 bits per heavy atom. The molecule has 0 saturated heterocycles. The minimum Gasteiger partial charge on any atom is -0.494 e. The molecule has 0 amide bonds. The van der Waals surface area contributed by atoms with Gasteiger partial charge in [-0.05, 0) is 41.8 Å². The van der Waals surface area contributed by atoms with Crippen LogP contribution in [0.2, 0.25) is 0 Å². The molecule has 0 aliphatic carbocycles. The third kappa shape index (κ3) is 5.92. The molecule has 1 N–H and O–H groups in total. The van der Waals surface area contributed by atoms with Crippen LogP contribution < -0.4 is 9.46 Å². The van der Waals surface area contributed by atoms with Gasteiger partial charge >= 0.3 is 0 Å². The summed E-state index contributed by atoms with van der Waals surface area (Å²) in [6.07, 6.45) is 2.03. The highest BCUT2D eigenvalue weighted by Gasteiger charge is 2.19. The van der Waals surface area contributed by atoms with E-state index in [1.165, 1.54) is 0 Å². The van der Waals surface area contributed by atoms with Crippen LogP contribution in [0, 0.1) is 0 Å². The van der Waals surface area contributed by atoms with Crippen molar-refractivity contribution in [3.63, 3.8) is 0 Å². The van der Waals surface area contributed by atoms with E-state index in [1.54, 1.807) is 24.3 Å². The first-order valence-electron chi connectivity index (χ1n) is 9.92. The first kappa shape index (κ1) is 21.1. The normalized spacial score (nSPS) is 11.5. The lowest BCUT2D eigenvalue weighted by Crippen LogP contribution is -2.29. The fourth-order valence-corrected chi connectivity index (χ4v) is 4.17. The predicted molar refractivity (Wildman–Crippen MR) is 117 cm³/mol. The zero-order valence-electron chi connectivity index (χ0n) is 16.6. The van der Waals surface area contributed by atoms with Crippen molar-refractivity contribution in [1.82, 2.24) is 4.72 Å². The van der Waals surface area contributed by atoms with Crippen LogP contribution in [-0.2, 0) is 10.0 Å². The molecule has 4 nitrogen and oxygen atoms in total. The van der Waals surface area contributed by atoms with E-state index in [1.807, 2.05) is 60.7 Å². The van der Waals surface area contributed by atoms with Crippen molar-refractivity contribution in [1.29, 1.82) is 0 Å². The molecule has 0 bridgehead atoms. The zero-order chi connectivity index (χ0) is 20.5. The molecule has 152 valence electrons. The fourth-order valence-electron chi connectivity index (χ4n) is 3.12. The maximum Gasteiger partial charge on any atom is 0.240 e. The summed E-state index contributed by atoms with van der Waals surface area (Å²) in [5, 5.41) is 0. The van der Waals surface area contributed by atoms with Crippen LogP contribution in [0.25, 0.3) is 0 Å². The van der Waals surface area contributed by atoms with E-state index >= 15 is 0 Å². The molecule has 29 heavy (non-hydrogen) atoms. The van der Waals surface area contributed by atoms with Crippen molar-refractivity contribution in [2.45, 2.75) is 30.6 Å². The third-order valence-electron chi connectivity index (χ3n) is 4.78. The monoisotopic (exact) mass is 409 g/mol. The van der Waals surface area contributed by atoms with Gasteiger partial charge in [0.1, 0.15) is 5.75 Å². The lowest BCUT2D eigenvalue weighted by molar-refractivity contribution is 0.309. The van der Waals surface area contributed by atoms with Gasteiger partial charge in [-0.1, -0.05) is 74.0 Å². The topological polar surface area (TPSA) is 55.4 Å². The maximum atomic E-state index is 12.8. The highest BCUT2D eigenvalue weighted by atomic mass is 32.2. The smallest absolute Gasteiger partial charge is 0.240 e. The van der Waals surface area contributed by atoms with Crippen LogP contribution in [0.5, 0.6) is 5.75 Å². The van der Waals surface area contributed by atoms with Crippen molar-refractivity contribution in [3.05, 3.63) is 96.1 Å². The van der Waals surface area contributed by atoms with Crippen LogP contribution >= 0.6 is 0 Å². The van der Waals surface area contributed by atoms with Crippen LogP contribution in [0.1, 0.15) is 36.8 Å². The van der Waals surface area contributed by atoms with Gasteiger partial charge in [0.2, 0.25) is 10.0 Å². The number of unbranched alkanes of at least 4 members (excludes halogenated alkanes) is 1. The largest absolute Gasteiger partial charge is 0.494 e. The average molecular weight is 410 g/mol. The summed E-state index contributed by atoms with van der Waals surface area (Å²) in [5.41, 5.74) is 2.14. The van der Waals surface area contributed by atoms with Gasteiger partial charge in [-0.15, -0.1) is 0 Å². The molecule has 0 saturated carbocycles. The van der Waals surface area contributed by atoms with E-state index < -0.39 is 10.0 Å². The van der Waals surface area contributed by atoms with Crippen molar-refractivity contribution in [3.8, 4) is 5.75 Å². The maximum absolute atomic E-state index is 12.8. The molecule has 0 unspecified atom stereocenters. The molecule has 0 aromatic heterocycles. The van der Waals surface area contributed by atoms with E-state index in [-0.39, 0.29) is 17.4 Å². The second-order valence-electron chi connectivity index (χ2n) is 6.90. The van der Waals surface area contributed by atoms with Crippen molar-refractivity contribution >= 4 is 10.0 Å². The van der Waals surface area contributed by atoms with Crippen LogP contribution in [0.15, 0.2) is 89.8 Å². The van der Waals surface area contributed by atoms with Gasteiger partial charge < -0.3 is 4.74 Å². The molecule has 3 aromatic rings. The van der Waals surface area contributed by atoms with Gasteiger partial charge in [-0.25, -0.2) is 13.1 Å². The van der Waals surface area contributed by atoms with E-state index in [9.17, 15) is 8.42 Å². The number of benzene rings is 3. The summed E-state index contributed by atoms with van der Waals surface area (Å²) >= 11 is 0. The molecule has 0 radical (unpaired) electrons. The Balaban J connectivity index is 1.73. The molecular formula is C24H27NO3S. The van der Waals surface area contributed by atoms with E-state index in [4.69, 9.17) is 4.74 Å². The second kappa shape index (κ2) is 10.2. The molecule has 0 spiro atoms. The van der Waals surface area contributed by atoms with Crippen LogP contribution in [0.3, 0.4) is 0 Å². The Morgan fingerprint density at radius 3 is 1.90 bits per heavy atom. The number of nitrogens with one attached hydrogen (secondary N) is 1. The van der Waals surface area contributed by atoms with E-state index in [0.29, 0.717) is 12.4 Å². The Hall–Kier alpha value is -2.63. The molecule has 0 fully saturated rings. The van der Waals surface area contributed by atoms with Crippen LogP contribution in [-0.4, -0.2) is 21.6 Å². The number of ether oxygens (including phenoxy) is 1. The SMILES string of the molecule is CCCCOc1ccc(S(=O)(=O)NCC(c2ccccc2)c2ccccc2)cc1. The molecule has 0 atom stereocenters. The highest BCUT2D eigenvalue weighted by Crippen LogP contribution is 2.24. The first-order valence-corrected chi connectivity index (χ1v) is 11.4. The number of sulfonamides is 1. The first-order chi connectivity index (χ1) is 14.1. The molecule has 0 aliphatic heterocycles. The third-order valence-corrected chi connectivity index (χ3v) is 6.22. The molecule has 3 rings (SSSR count). The Labute approximate surface area is 173 Å². The summed E-state index contributed by atoms with van der Waals surface area (Å²) in [4.78, 5) is 0.236. The van der Waals surface area contributed by atoms with Gasteiger partial charge in [-0.2, -0.15) is 0 Å². The van der Waals surface area contributed by atoms with Crippen LogP contribution in [0.4, 0.5) is 0 Å². The lowest BCUT2D eigenvalue weighted by Gasteiger charge is -2.19. The summed E-state index contributed by atoms with van der Waals surface area (Å²) in [7, 11) is -3.62. The van der Waals surface area contributed by atoms with Gasteiger partial charge in [0.15, 0.2) is 0 Å². The minimum absolute atomic E-state index is 0.0659. The predicted octanol–water partition coefficient (Wildman–Crippen LogP) is 4.98. The number of rotatable bonds is 10. The Kier molecular flexibility index (Phi) is 7.44. The van der Waals surface area contributed by atoms with Gasteiger partial charge in [0.05, 0.1) is 11.5 Å². The molecule has 0 aliphatic rings. The summed E-state index contributed by atoms with van der Waals surface area (Å²) < 4.78 is 34.0. The fraction of sp³-hybridized carbons (Fsp3) is 0.250. The highest BCUT2D eigenvalue weighted by molar-refractivity contribution is 7.89. The van der Waals surface area contributed by atoms with Crippen molar-refractivity contribution in [2.24, 2.45) is 0 Å². The quantitative estimate of drug-likeness (QED) is 0.481. The lowest BCUT2D eigenvalue weighted by atomic mass is 9.92. The van der Waals surface area contributed by atoms with Crippen molar-refractivity contribution in [2.75, 3.05) is 13.2 Å². The summed E-state index contributed by atoms with van der Waals surface area (Å²) in [6, 6.07) is 26.5. The molecule has 5 heteroatoms. The van der Waals surface area contributed by atoms with E-state index in [2.05, 4.69) is 11.6 Å². The number of hydrogen-bond donors (Lipinski definition) is 1. The van der Waals surface area contributed by atoms with Crippen molar-refractivity contribution < 1.29 is 13.2 Å².